The standard InChI is InChI=1S/C24H26BrN5O2/c1-32-24(31)20(12-15-30-13-5-6-14-30)28-29-21-16-26-23(17-8-3-2-4-9-17)22-18(25)10-7-11-19(22)27-21/h2-4,7-11H,5-6,12-16H2,1H3,(H,27,29)/b28-20-. The number of hydrazone groups is 1. The van der Waals surface area contributed by atoms with E-state index in [0.717, 1.165) is 46.6 Å². The molecule has 0 aliphatic carbocycles. The first-order valence-corrected chi connectivity index (χ1v) is 11.5. The van der Waals surface area contributed by atoms with E-state index >= 15 is 0 Å². The van der Waals surface area contributed by atoms with Gasteiger partial charge in [0.05, 0.1) is 25.1 Å². The summed E-state index contributed by atoms with van der Waals surface area (Å²) in [6, 6.07) is 15.9. The molecule has 166 valence electrons. The van der Waals surface area contributed by atoms with Crippen molar-refractivity contribution in [3.63, 3.8) is 0 Å². The maximum atomic E-state index is 12.3. The molecular weight excluding hydrogens is 470 g/mol. The van der Waals surface area contributed by atoms with Gasteiger partial charge in [-0.05, 0) is 38.1 Å². The first-order chi connectivity index (χ1) is 15.7. The molecule has 0 atom stereocenters. The predicted molar refractivity (Wildman–Crippen MR) is 131 cm³/mol. The van der Waals surface area contributed by atoms with E-state index in [1.54, 1.807) is 0 Å². The van der Waals surface area contributed by atoms with Gasteiger partial charge in [0.15, 0.2) is 0 Å². The number of carbonyl (C=O) groups is 1. The molecule has 0 saturated carbocycles. The van der Waals surface area contributed by atoms with Crippen LogP contribution < -0.4 is 5.43 Å². The molecule has 0 spiro atoms. The molecule has 2 heterocycles. The zero-order valence-electron chi connectivity index (χ0n) is 18.1. The van der Waals surface area contributed by atoms with Gasteiger partial charge in [-0.15, -0.1) is 0 Å². The molecule has 0 unspecified atom stereocenters. The maximum Gasteiger partial charge on any atom is 0.354 e. The van der Waals surface area contributed by atoms with E-state index in [1.165, 1.54) is 20.0 Å². The Morgan fingerprint density at radius 2 is 1.94 bits per heavy atom. The van der Waals surface area contributed by atoms with E-state index in [4.69, 9.17) is 14.7 Å². The smallest absolute Gasteiger partial charge is 0.354 e. The Kier molecular flexibility index (Phi) is 7.44. The Bertz CT molecular complexity index is 1060. The molecule has 0 amide bonds. The van der Waals surface area contributed by atoms with E-state index in [2.05, 4.69) is 31.4 Å². The van der Waals surface area contributed by atoms with Gasteiger partial charge in [0.2, 0.25) is 0 Å². The number of rotatable bonds is 6. The third-order valence-electron chi connectivity index (χ3n) is 5.52. The summed E-state index contributed by atoms with van der Waals surface area (Å²) in [5.41, 5.74) is 6.93. The average molecular weight is 496 g/mol. The Morgan fingerprint density at radius 3 is 2.69 bits per heavy atom. The number of methoxy groups -OCH3 is 1. The number of esters is 1. The summed E-state index contributed by atoms with van der Waals surface area (Å²) in [6.45, 7) is 3.23. The molecule has 0 aromatic heterocycles. The van der Waals surface area contributed by atoms with Crippen LogP contribution in [0.4, 0.5) is 5.69 Å². The summed E-state index contributed by atoms with van der Waals surface area (Å²) >= 11 is 3.65. The van der Waals surface area contributed by atoms with Crippen molar-refractivity contribution in [2.45, 2.75) is 19.3 Å². The van der Waals surface area contributed by atoms with Gasteiger partial charge in [-0.1, -0.05) is 52.3 Å². The van der Waals surface area contributed by atoms with Crippen LogP contribution in [0.1, 0.15) is 30.4 Å². The number of aliphatic imine (C=N–C) groups is 2. The third kappa shape index (κ3) is 5.31. The number of benzene rings is 2. The van der Waals surface area contributed by atoms with Crippen LogP contribution in [0.5, 0.6) is 0 Å². The SMILES string of the molecule is COC(=O)/C(CCN1CCCC1)=N\NC1=Nc2cccc(Br)c2C(c2ccccc2)=NC1. The second-order valence-corrected chi connectivity index (χ2v) is 8.54. The van der Waals surface area contributed by atoms with E-state index in [9.17, 15) is 4.79 Å². The van der Waals surface area contributed by atoms with Crippen molar-refractivity contribution < 1.29 is 9.53 Å². The summed E-state index contributed by atoms with van der Waals surface area (Å²) in [4.78, 5) is 24.2. The summed E-state index contributed by atoms with van der Waals surface area (Å²) in [5.74, 6) is 0.139. The highest BCUT2D eigenvalue weighted by Crippen LogP contribution is 2.31. The minimum atomic E-state index is -0.428. The van der Waals surface area contributed by atoms with E-state index in [1.807, 2.05) is 48.5 Å². The van der Waals surface area contributed by atoms with Gasteiger partial charge in [0.25, 0.3) is 0 Å². The third-order valence-corrected chi connectivity index (χ3v) is 6.18. The highest BCUT2D eigenvalue weighted by molar-refractivity contribution is 9.10. The number of hydrogen-bond acceptors (Lipinski definition) is 7. The molecule has 2 aromatic carbocycles. The molecule has 2 aliphatic heterocycles. The van der Waals surface area contributed by atoms with Crippen LogP contribution in [-0.2, 0) is 9.53 Å². The number of nitrogens with zero attached hydrogens (tertiary/aromatic N) is 4. The van der Waals surface area contributed by atoms with Crippen molar-refractivity contribution in [3.8, 4) is 0 Å². The normalized spacial score (nSPS) is 16.6. The molecule has 7 nitrogen and oxygen atoms in total. The van der Waals surface area contributed by atoms with Crippen LogP contribution >= 0.6 is 15.9 Å². The van der Waals surface area contributed by atoms with Crippen LogP contribution in [0.25, 0.3) is 0 Å². The average Bonchev–Trinajstić information content (AvgIpc) is 3.26. The molecule has 8 heteroatoms. The highest BCUT2D eigenvalue weighted by Gasteiger charge is 2.20. The first kappa shape index (κ1) is 22.4. The van der Waals surface area contributed by atoms with E-state index < -0.39 is 5.97 Å². The number of carbonyl (C=O) groups excluding carboxylic acids is 1. The molecule has 1 N–H and O–H groups in total. The van der Waals surface area contributed by atoms with Gasteiger partial charge in [-0.2, -0.15) is 5.10 Å². The fourth-order valence-electron chi connectivity index (χ4n) is 3.87. The molecule has 0 radical (unpaired) electrons. The minimum absolute atomic E-state index is 0.315. The highest BCUT2D eigenvalue weighted by atomic mass is 79.9. The lowest BCUT2D eigenvalue weighted by atomic mass is 10.0. The molecule has 2 aromatic rings. The van der Waals surface area contributed by atoms with Gasteiger partial charge in [0.1, 0.15) is 11.5 Å². The lowest BCUT2D eigenvalue weighted by Crippen LogP contribution is -2.29. The fourth-order valence-corrected chi connectivity index (χ4v) is 4.41. The minimum Gasteiger partial charge on any atom is -0.464 e. The summed E-state index contributed by atoms with van der Waals surface area (Å²) < 4.78 is 5.86. The number of nitrogens with one attached hydrogen (secondary N) is 1. The molecular formula is C24H26BrN5O2. The van der Waals surface area contributed by atoms with Crippen LogP contribution in [0.3, 0.4) is 0 Å². The van der Waals surface area contributed by atoms with Crippen LogP contribution in [0.2, 0.25) is 0 Å². The van der Waals surface area contributed by atoms with Crippen molar-refractivity contribution in [2.24, 2.45) is 15.1 Å². The van der Waals surface area contributed by atoms with Gasteiger partial charge in [-0.3, -0.25) is 10.4 Å². The van der Waals surface area contributed by atoms with Crippen LogP contribution in [-0.4, -0.2) is 61.4 Å². The largest absolute Gasteiger partial charge is 0.464 e. The van der Waals surface area contributed by atoms with E-state index in [0.29, 0.717) is 24.5 Å². The summed E-state index contributed by atoms with van der Waals surface area (Å²) in [5, 5.41) is 4.37. The van der Waals surface area contributed by atoms with Gasteiger partial charge in [0, 0.05) is 28.6 Å². The summed E-state index contributed by atoms with van der Waals surface area (Å²) in [6.07, 6.45) is 2.93. The molecule has 32 heavy (non-hydrogen) atoms. The van der Waals surface area contributed by atoms with Gasteiger partial charge < -0.3 is 9.64 Å². The number of fused-ring (bicyclic) bond motifs is 1. The Balaban J connectivity index is 1.59. The van der Waals surface area contributed by atoms with Gasteiger partial charge >= 0.3 is 5.97 Å². The maximum absolute atomic E-state index is 12.3. The lowest BCUT2D eigenvalue weighted by Gasteiger charge is -2.14. The first-order valence-electron chi connectivity index (χ1n) is 10.8. The summed E-state index contributed by atoms with van der Waals surface area (Å²) in [7, 11) is 1.38. The number of hydrogen-bond donors (Lipinski definition) is 1. The monoisotopic (exact) mass is 495 g/mol. The molecule has 1 saturated heterocycles. The fraction of sp³-hybridized carbons (Fsp3) is 0.333. The topological polar surface area (TPSA) is 78.6 Å². The second kappa shape index (κ2) is 10.7. The number of ether oxygens (including phenoxy) is 1. The van der Waals surface area contributed by atoms with Crippen molar-refractivity contribution >= 4 is 44.8 Å². The second-order valence-electron chi connectivity index (χ2n) is 7.68. The zero-order valence-corrected chi connectivity index (χ0v) is 19.6. The molecule has 0 bridgehead atoms. The Hall–Kier alpha value is -2.84. The number of amidine groups is 1. The van der Waals surface area contributed by atoms with Crippen molar-refractivity contribution in [1.29, 1.82) is 0 Å². The van der Waals surface area contributed by atoms with Crippen LogP contribution in [0.15, 0.2) is 68.1 Å². The number of likely N-dealkylation sites (tertiary alicyclic amines) is 1. The molecule has 4 rings (SSSR count). The number of halogens is 1. The van der Waals surface area contributed by atoms with Crippen molar-refractivity contribution in [3.05, 3.63) is 64.1 Å². The molecule has 1 fully saturated rings. The zero-order chi connectivity index (χ0) is 22.3. The van der Waals surface area contributed by atoms with Crippen molar-refractivity contribution in [2.75, 3.05) is 33.3 Å². The quantitative estimate of drug-likeness (QED) is 0.374. The lowest BCUT2D eigenvalue weighted by molar-refractivity contribution is -0.132. The van der Waals surface area contributed by atoms with Gasteiger partial charge in [-0.25, -0.2) is 9.79 Å². The Labute approximate surface area is 196 Å². The van der Waals surface area contributed by atoms with Crippen LogP contribution in [0, 0.1) is 0 Å². The van der Waals surface area contributed by atoms with E-state index in [-0.39, 0.29) is 0 Å². The van der Waals surface area contributed by atoms with Crippen molar-refractivity contribution in [1.82, 2.24) is 10.3 Å². The Morgan fingerprint density at radius 1 is 1.16 bits per heavy atom. The predicted octanol–water partition coefficient (Wildman–Crippen LogP) is 3.93. The molecule has 2 aliphatic rings.